The maximum atomic E-state index is 12.8. The van der Waals surface area contributed by atoms with E-state index in [0.29, 0.717) is 6.54 Å². The predicted molar refractivity (Wildman–Crippen MR) is 82.9 cm³/mol. The molecular formula is C15H24N2O2S. The fourth-order valence-electron chi connectivity index (χ4n) is 2.01. The maximum absolute atomic E-state index is 12.8. The fourth-order valence-corrected chi connectivity index (χ4v) is 3.81. The highest BCUT2D eigenvalue weighted by Gasteiger charge is 2.33. The van der Waals surface area contributed by atoms with Crippen LogP contribution in [0.5, 0.6) is 0 Å². The van der Waals surface area contributed by atoms with E-state index in [1.807, 2.05) is 27.7 Å². The highest BCUT2D eigenvalue weighted by Crippen LogP contribution is 2.25. The standard InChI is InChI=1S/C15H24N2O2S/c1-6-9-17(15(3,4)5)20(18,19)14-8-7-12(2)13(10-14)11-16/h6-8,10H,1,9,11,16H2,2-5H3. The number of benzene rings is 1. The monoisotopic (exact) mass is 296 g/mol. The van der Waals surface area contributed by atoms with Crippen molar-refractivity contribution in [2.24, 2.45) is 5.73 Å². The van der Waals surface area contributed by atoms with Crippen LogP contribution >= 0.6 is 0 Å². The third-order valence-electron chi connectivity index (χ3n) is 3.17. The number of hydrogen-bond acceptors (Lipinski definition) is 3. The normalized spacial score (nSPS) is 12.7. The average Bonchev–Trinajstić information content (AvgIpc) is 2.34. The lowest BCUT2D eigenvalue weighted by molar-refractivity contribution is 0.270. The summed E-state index contributed by atoms with van der Waals surface area (Å²) in [5.41, 5.74) is 6.99. The second-order valence-corrected chi connectivity index (χ2v) is 7.65. The van der Waals surface area contributed by atoms with E-state index in [1.165, 1.54) is 4.31 Å². The Morgan fingerprint density at radius 1 is 1.35 bits per heavy atom. The molecule has 0 aliphatic heterocycles. The van der Waals surface area contributed by atoms with Crippen molar-refractivity contribution in [1.82, 2.24) is 4.31 Å². The number of aryl methyl sites for hydroxylation is 1. The van der Waals surface area contributed by atoms with Gasteiger partial charge in [0, 0.05) is 18.6 Å². The van der Waals surface area contributed by atoms with Gasteiger partial charge in [0.2, 0.25) is 10.0 Å². The molecule has 1 aromatic rings. The van der Waals surface area contributed by atoms with Crippen LogP contribution in [0.25, 0.3) is 0 Å². The summed E-state index contributed by atoms with van der Waals surface area (Å²) in [4.78, 5) is 0.278. The third kappa shape index (κ3) is 3.48. The summed E-state index contributed by atoms with van der Waals surface area (Å²) in [6.07, 6.45) is 1.60. The van der Waals surface area contributed by atoms with Crippen molar-refractivity contribution in [3.63, 3.8) is 0 Å². The largest absolute Gasteiger partial charge is 0.326 e. The smallest absolute Gasteiger partial charge is 0.243 e. The molecule has 0 radical (unpaired) electrons. The van der Waals surface area contributed by atoms with Crippen molar-refractivity contribution in [2.75, 3.05) is 6.54 Å². The first-order valence-electron chi connectivity index (χ1n) is 6.58. The van der Waals surface area contributed by atoms with Crippen LogP contribution in [0, 0.1) is 6.92 Å². The summed E-state index contributed by atoms with van der Waals surface area (Å²) in [6.45, 7) is 11.8. The van der Waals surface area contributed by atoms with E-state index in [9.17, 15) is 8.42 Å². The molecule has 2 N–H and O–H groups in total. The molecule has 0 aliphatic rings. The number of sulfonamides is 1. The summed E-state index contributed by atoms with van der Waals surface area (Å²) in [5.74, 6) is 0. The van der Waals surface area contributed by atoms with Crippen molar-refractivity contribution in [3.05, 3.63) is 42.0 Å². The molecule has 0 saturated carbocycles. The summed E-state index contributed by atoms with van der Waals surface area (Å²) in [5, 5.41) is 0. The van der Waals surface area contributed by atoms with Gasteiger partial charge in [0.1, 0.15) is 0 Å². The Kier molecular flexibility index (Phi) is 5.13. The van der Waals surface area contributed by atoms with E-state index >= 15 is 0 Å². The lowest BCUT2D eigenvalue weighted by atomic mass is 10.1. The summed E-state index contributed by atoms with van der Waals surface area (Å²) >= 11 is 0. The lowest BCUT2D eigenvalue weighted by Crippen LogP contribution is -2.45. The molecule has 112 valence electrons. The van der Waals surface area contributed by atoms with Gasteiger partial charge in [0.05, 0.1) is 4.90 Å². The van der Waals surface area contributed by atoms with Crippen LogP contribution in [0.1, 0.15) is 31.9 Å². The van der Waals surface area contributed by atoms with Crippen LogP contribution in [0.3, 0.4) is 0 Å². The van der Waals surface area contributed by atoms with Crippen molar-refractivity contribution >= 4 is 10.0 Å². The first-order valence-corrected chi connectivity index (χ1v) is 8.02. The third-order valence-corrected chi connectivity index (χ3v) is 5.30. The van der Waals surface area contributed by atoms with Crippen LogP contribution < -0.4 is 5.73 Å². The maximum Gasteiger partial charge on any atom is 0.243 e. The summed E-state index contributed by atoms with van der Waals surface area (Å²) in [6, 6.07) is 5.09. The molecule has 0 amide bonds. The molecule has 0 fully saturated rings. The zero-order valence-corrected chi connectivity index (χ0v) is 13.5. The molecule has 0 heterocycles. The van der Waals surface area contributed by atoms with Gasteiger partial charge in [-0.15, -0.1) is 6.58 Å². The Balaban J connectivity index is 3.37. The van der Waals surface area contributed by atoms with Crippen molar-refractivity contribution < 1.29 is 8.42 Å². The van der Waals surface area contributed by atoms with Gasteiger partial charge in [-0.1, -0.05) is 12.1 Å². The Bertz CT molecular complexity index is 586. The van der Waals surface area contributed by atoms with Gasteiger partial charge in [0.25, 0.3) is 0 Å². The van der Waals surface area contributed by atoms with E-state index in [-0.39, 0.29) is 11.4 Å². The number of hydrogen-bond donors (Lipinski definition) is 1. The van der Waals surface area contributed by atoms with Crippen molar-refractivity contribution in [2.45, 2.75) is 44.7 Å². The molecule has 0 unspecified atom stereocenters. The van der Waals surface area contributed by atoms with Crippen LogP contribution in [0.4, 0.5) is 0 Å². The van der Waals surface area contributed by atoms with E-state index in [0.717, 1.165) is 11.1 Å². The van der Waals surface area contributed by atoms with Crippen molar-refractivity contribution in [3.8, 4) is 0 Å². The SMILES string of the molecule is C=CCN(C(C)(C)C)S(=O)(=O)c1ccc(C)c(CN)c1. The molecule has 0 aliphatic carbocycles. The molecule has 4 nitrogen and oxygen atoms in total. The van der Waals surface area contributed by atoms with Gasteiger partial charge >= 0.3 is 0 Å². The molecule has 0 saturated heterocycles. The molecule has 0 aromatic heterocycles. The minimum Gasteiger partial charge on any atom is -0.326 e. The second-order valence-electron chi connectivity index (χ2n) is 5.79. The molecule has 0 atom stereocenters. The topological polar surface area (TPSA) is 63.4 Å². The van der Waals surface area contributed by atoms with Crippen LogP contribution in [0.15, 0.2) is 35.7 Å². The lowest BCUT2D eigenvalue weighted by Gasteiger charge is -2.33. The van der Waals surface area contributed by atoms with Gasteiger partial charge in [-0.2, -0.15) is 4.31 Å². The van der Waals surface area contributed by atoms with Gasteiger partial charge < -0.3 is 5.73 Å². The highest BCUT2D eigenvalue weighted by atomic mass is 32.2. The Labute approximate surface area is 122 Å². The average molecular weight is 296 g/mol. The quantitative estimate of drug-likeness (QED) is 0.849. The molecule has 1 aromatic carbocycles. The molecule has 0 bridgehead atoms. The highest BCUT2D eigenvalue weighted by molar-refractivity contribution is 7.89. The van der Waals surface area contributed by atoms with Gasteiger partial charge in [-0.3, -0.25) is 0 Å². The van der Waals surface area contributed by atoms with E-state index < -0.39 is 15.6 Å². The molecule has 0 spiro atoms. The van der Waals surface area contributed by atoms with Crippen molar-refractivity contribution in [1.29, 1.82) is 0 Å². The van der Waals surface area contributed by atoms with Crippen LogP contribution in [-0.4, -0.2) is 24.8 Å². The van der Waals surface area contributed by atoms with Gasteiger partial charge in [-0.05, 0) is 51.0 Å². The Morgan fingerprint density at radius 3 is 2.40 bits per heavy atom. The van der Waals surface area contributed by atoms with E-state index in [2.05, 4.69) is 6.58 Å². The minimum absolute atomic E-state index is 0.275. The minimum atomic E-state index is -3.56. The predicted octanol–water partition coefficient (Wildman–Crippen LogP) is 2.43. The zero-order chi connectivity index (χ0) is 15.6. The summed E-state index contributed by atoms with van der Waals surface area (Å²) in [7, 11) is -3.56. The number of nitrogens with two attached hydrogens (primary N) is 1. The van der Waals surface area contributed by atoms with Crippen LogP contribution in [-0.2, 0) is 16.6 Å². The molecule has 20 heavy (non-hydrogen) atoms. The fraction of sp³-hybridized carbons (Fsp3) is 0.467. The van der Waals surface area contributed by atoms with Crippen LogP contribution in [0.2, 0.25) is 0 Å². The first-order chi connectivity index (χ1) is 9.14. The van der Waals surface area contributed by atoms with E-state index in [4.69, 9.17) is 5.73 Å². The van der Waals surface area contributed by atoms with Gasteiger partial charge in [-0.25, -0.2) is 8.42 Å². The molecule has 1 rings (SSSR count). The molecular weight excluding hydrogens is 272 g/mol. The Hall–Kier alpha value is -1.17. The first kappa shape index (κ1) is 16.9. The summed E-state index contributed by atoms with van der Waals surface area (Å²) < 4.78 is 27.0. The number of nitrogens with zero attached hydrogens (tertiary/aromatic N) is 1. The van der Waals surface area contributed by atoms with E-state index in [1.54, 1.807) is 24.3 Å². The second kappa shape index (κ2) is 6.08. The Morgan fingerprint density at radius 2 is 1.95 bits per heavy atom. The zero-order valence-electron chi connectivity index (χ0n) is 12.7. The number of rotatable bonds is 5. The molecule has 5 heteroatoms. The van der Waals surface area contributed by atoms with Gasteiger partial charge in [0.15, 0.2) is 0 Å².